The molecular weight excluding hydrogens is 274 g/mol. The van der Waals surface area contributed by atoms with Crippen LogP contribution in [0.1, 0.15) is 31.7 Å². The van der Waals surface area contributed by atoms with Crippen molar-refractivity contribution in [3.63, 3.8) is 0 Å². The van der Waals surface area contributed by atoms with Gasteiger partial charge in [-0.2, -0.15) is 0 Å². The lowest BCUT2D eigenvalue weighted by Gasteiger charge is -2.43. The second-order valence-corrected chi connectivity index (χ2v) is 7.14. The summed E-state index contributed by atoms with van der Waals surface area (Å²) >= 11 is 0. The summed E-state index contributed by atoms with van der Waals surface area (Å²) in [6, 6.07) is 11.9. The molecule has 2 fully saturated rings. The molecule has 0 N–H and O–H groups in total. The molecule has 2 heterocycles. The van der Waals surface area contributed by atoms with Crippen LogP contribution >= 0.6 is 0 Å². The molecule has 0 radical (unpaired) electrons. The number of benzene rings is 1. The minimum atomic E-state index is -0.0607. The molecule has 0 amide bonds. The molecule has 0 saturated carbocycles. The number of ether oxygens (including phenoxy) is 1. The van der Waals surface area contributed by atoms with Crippen LogP contribution in [0.15, 0.2) is 30.3 Å². The average molecular weight is 301 g/mol. The van der Waals surface area contributed by atoms with Crippen molar-refractivity contribution in [2.75, 3.05) is 14.2 Å². The van der Waals surface area contributed by atoms with Crippen LogP contribution in [0, 0.1) is 17.8 Å². The highest BCUT2D eigenvalue weighted by molar-refractivity contribution is 5.69. The molecule has 5 atom stereocenters. The maximum absolute atomic E-state index is 11.9. The molecule has 3 nitrogen and oxygen atoms in total. The molecule has 2 aliphatic heterocycles. The summed E-state index contributed by atoms with van der Waals surface area (Å²) in [7, 11) is 3.74. The number of piperidine rings is 1. The van der Waals surface area contributed by atoms with Crippen molar-refractivity contribution in [2.24, 2.45) is 17.8 Å². The number of esters is 1. The lowest BCUT2D eigenvalue weighted by Crippen LogP contribution is -2.48. The van der Waals surface area contributed by atoms with Gasteiger partial charge in [-0.15, -0.1) is 0 Å². The molecule has 2 bridgehead atoms. The number of nitrogens with zero attached hydrogens (tertiary/aromatic N) is 1. The Kier molecular flexibility index (Phi) is 4.53. The van der Waals surface area contributed by atoms with Crippen molar-refractivity contribution >= 4 is 5.97 Å². The van der Waals surface area contributed by atoms with Crippen molar-refractivity contribution < 1.29 is 9.53 Å². The zero-order chi connectivity index (χ0) is 15.7. The Morgan fingerprint density at radius 1 is 1.23 bits per heavy atom. The fourth-order valence-corrected chi connectivity index (χ4v) is 4.76. The number of hydrogen-bond donors (Lipinski definition) is 0. The predicted octanol–water partition coefficient (Wildman–Crippen LogP) is 3.14. The fourth-order valence-electron chi connectivity index (χ4n) is 4.76. The first kappa shape index (κ1) is 15.5. The van der Waals surface area contributed by atoms with Crippen LogP contribution in [-0.2, 0) is 16.0 Å². The van der Waals surface area contributed by atoms with Gasteiger partial charge < -0.3 is 4.74 Å². The van der Waals surface area contributed by atoms with E-state index >= 15 is 0 Å². The molecule has 0 unspecified atom stereocenters. The van der Waals surface area contributed by atoms with E-state index < -0.39 is 0 Å². The van der Waals surface area contributed by atoms with Crippen molar-refractivity contribution in [2.45, 2.75) is 44.7 Å². The van der Waals surface area contributed by atoms with Crippen molar-refractivity contribution in [3.05, 3.63) is 35.9 Å². The Morgan fingerprint density at radius 3 is 2.64 bits per heavy atom. The van der Waals surface area contributed by atoms with Crippen LogP contribution in [-0.4, -0.2) is 37.1 Å². The quantitative estimate of drug-likeness (QED) is 0.800. The fraction of sp³-hybridized carbons (Fsp3) is 0.632. The largest absolute Gasteiger partial charge is 0.469 e. The van der Waals surface area contributed by atoms with Gasteiger partial charge in [0.25, 0.3) is 0 Å². The van der Waals surface area contributed by atoms with E-state index in [2.05, 4.69) is 49.2 Å². The minimum absolute atomic E-state index is 0.0607. The van der Waals surface area contributed by atoms with Crippen LogP contribution in [0.4, 0.5) is 0 Å². The van der Waals surface area contributed by atoms with E-state index in [4.69, 9.17) is 4.74 Å². The van der Waals surface area contributed by atoms with Crippen LogP contribution < -0.4 is 0 Å². The van der Waals surface area contributed by atoms with E-state index in [9.17, 15) is 4.79 Å². The van der Waals surface area contributed by atoms with Gasteiger partial charge in [0, 0.05) is 12.1 Å². The van der Waals surface area contributed by atoms with E-state index in [-0.39, 0.29) is 5.97 Å². The first-order valence-electron chi connectivity index (χ1n) is 8.42. The molecule has 3 heteroatoms. The molecule has 3 rings (SSSR count). The molecule has 22 heavy (non-hydrogen) atoms. The van der Waals surface area contributed by atoms with Gasteiger partial charge in [0.15, 0.2) is 0 Å². The lowest BCUT2D eigenvalue weighted by atomic mass is 9.75. The topological polar surface area (TPSA) is 29.5 Å². The van der Waals surface area contributed by atoms with Gasteiger partial charge in [0.2, 0.25) is 0 Å². The molecule has 0 aromatic heterocycles. The maximum Gasteiger partial charge on any atom is 0.305 e. The Morgan fingerprint density at radius 2 is 1.95 bits per heavy atom. The predicted molar refractivity (Wildman–Crippen MR) is 87.5 cm³/mol. The van der Waals surface area contributed by atoms with Crippen molar-refractivity contribution in [1.82, 2.24) is 4.90 Å². The summed E-state index contributed by atoms with van der Waals surface area (Å²) in [6.07, 6.45) is 4.05. The van der Waals surface area contributed by atoms with Gasteiger partial charge in [-0.1, -0.05) is 37.3 Å². The summed E-state index contributed by atoms with van der Waals surface area (Å²) in [5, 5.41) is 0. The molecule has 120 valence electrons. The van der Waals surface area contributed by atoms with Gasteiger partial charge in [-0.05, 0) is 49.6 Å². The second kappa shape index (κ2) is 6.41. The molecule has 0 spiro atoms. The normalized spacial score (nSPS) is 34.6. The van der Waals surface area contributed by atoms with E-state index in [0.29, 0.717) is 30.3 Å². The monoisotopic (exact) mass is 301 g/mol. The molecule has 2 saturated heterocycles. The average Bonchev–Trinajstić information content (AvgIpc) is 2.72. The Labute approximate surface area is 133 Å². The number of hydrogen-bond acceptors (Lipinski definition) is 3. The van der Waals surface area contributed by atoms with E-state index in [1.54, 1.807) is 0 Å². The van der Waals surface area contributed by atoms with Gasteiger partial charge in [0.05, 0.1) is 13.5 Å². The number of rotatable bonds is 4. The third kappa shape index (κ3) is 2.91. The SMILES string of the molecule is COC(=O)C[C@H]1[C@@H](Cc2ccccc2)C[C@@H]2[C@@H](C)C[C@H]1N2C. The Hall–Kier alpha value is -1.35. The molecular formula is C19H27NO2. The highest BCUT2D eigenvalue weighted by Gasteiger charge is 2.49. The number of methoxy groups -OCH3 is 1. The van der Waals surface area contributed by atoms with Gasteiger partial charge in [-0.3, -0.25) is 9.69 Å². The van der Waals surface area contributed by atoms with Crippen LogP contribution in [0.2, 0.25) is 0 Å². The van der Waals surface area contributed by atoms with Crippen LogP contribution in [0.3, 0.4) is 0 Å². The lowest BCUT2D eigenvalue weighted by molar-refractivity contribution is -0.143. The number of carbonyl (C=O) groups excluding carboxylic acids is 1. The van der Waals surface area contributed by atoms with Gasteiger partial charge in [-0.25, -0.2) is 0 Å². The van der Waals surface area contributed by atoms with Crippen LogP contribution in [0.25, 0.3) is 0 Å². The second-order valence-electron chi connectivity index (χ2n) is 7.14. The Bertz CT molecular complexity index is 515. The molecule has 0 aliphatic carbocycles. The number of fused-ring (bicyclic) bond motifs is 2. The molecule has 2 aliphatic rings. The Balaban J connectivity index is 1.81. The third-order valence-electron chi connectivity index (χ3n) is 5.93. The first-order valence-corrected chi connectivity index (χ1v) is 8.42. The maximum atomic E-state index is 11.9. The smallest absolute Gasteiger partial charge is 0.305 e. The zero-order valence-corrected chi connectivity index (χ0v) is 13.9. The molecule has 1 aromatic rings. The summed E-state index contributed by atoms with van der Waals surface area (Å²) in [5.41, 5.74) is 1.39. The number of carbonyl (C=O) groups is 1. The van der Waals surface area contributed by atoms with Crippen LogP contribution in [0.5, 0.6) is 0 Å². The highest BCUT2D eigenvalue weighted by Crippen LogP contribution is 2.46. The minimum Gasteiger partial charge on any atom is -0.469 e. The standard InChI is InChI=1S/C19H27NO2/c1-13-9-18-16(12-19(21)22-3)15(11-17(13)20(18)2)10-14-7-5-4-6-8-14/h4-8,13,15-18H,9-12H2,1-3H3/t13-,15-,16-,17+,18+/m0/s1. The van der Waals surface area contributed by atoms with Gasteiger partial charge >= 0.3 is 5.97 Å². The third-order valence-corrected chi connectivity index (χ3v) is 5.93. The van der Waals surface area contributed by atoms with E-state index in [1.807, 2.05) is 0 Å². The summed E-state index contributed by atoms with van der Waals surface area (Å²) in [4.78, 5) is 14.4. The van der Waals surface area contributed by atoms with E-state index in [1.165, 1.54) is 25.5 Å². The van der Waals surface area contributed by atoms with E-state index in [0.717, 1.165) is 12.3 Å². The summed E-state index contributed by atoms with van der Waals surface area (Å²) in [5.74, 6) is 1.67. The van der Waals surface area contributed by atoms with Gasteiger partial charge in [0.1, 0.15) is 0 Å². The summed E-state index contributed by atoms with van der Waals surface area (Å²) < 4.78 is 4.96. The zero-order valence-electron chi connectivity index (χ0n) is 13.9. The highest BCUT2D eigenvalue weighted by atomic mass is 16.5. The summed E-state index contributed by atoms with van der Waals surface area (Å²) in [6.45, 7) is 2.36. The van der Waals surface area contributed by atoms with Crippen molar-refractivity contribution in [1.29, 1.82) is 0 Å². The first-order chi connectivity index (χ1) is 10.6. The molecule has 1 aromatic carbocycles. The van der Waals surface area contributed by atoms with Crippen molar-refractivity contribution in [3.8, 4) is 0 Å².